The van der Waals surface area contributed by atoms with Crippen LogP contribution in [0.3, 0.4) is 0 Å². The zero-order chi connectivity index (χ0) is 21.5. The van der Waals surface area contributed by atoms with Crippen molar-refractivity contribution < 1.29 is 14.0 Å². The van der Waals surface area contributed by atoms with Gasteiger partial charge in [0.2, 0.25) is 5.91 Å². The van der Waals surface area contributed by atoms with Crippen LogP contribution >= 0.6 is 11.8 Å². The first kappa shape index (κ1) is 22.3. The summed E-state index contributed by atoms with van der Waals surface area (Å²) in [6.45, 7) is 2.50. The van der Waals surface area contributed by atoms with E-state index in [0.717, 1.165) is 12.8 Å². The summed E-state index contributed by atoms with van der Waals surface area (Å²) in [5.74, 6) is 0.507. The van der Waals surface area contributed by atoms with Crippen molar-refractivity contribution in [3.05, 3.63) is 41.5 Å². The highest BCUT2D eigenvalue weighted by Crippen LogP contribution is 2.24. The number of nitrogens with one attached hydrogen (secondary N) is 2. The van der Waals surface area contributed by atoms with Gasteiger partial charge >= 0.3 is 0 Å². The zero-order valence-electron chi connectivity index (χ0n) is 17.4. The molecule has 1 aliphatic rings. The molecule has 7 nitrogen and oxygen atoms in total. The quantitative estimate of drug-likeness (QED) is 0.625. The van der Waals surface area contributed by atoms with E-state index in [1.165, 1.54) is 36.7 Å². The Bertz CT molecular complexity index is 888. The van der Waals surface area contributed by atoms with E-state index in [2.05, 4.69) is 27.8 Å². The number of aromatic nitrogens is 3. The fourth-order valence-corrected chi connectivity index (χ4v) is 4.37. The molecule has 2 amide bonds. The molecule has 30 heavy (non-hydrogen) atoms. The Morgan fingerprint density at radius 1 is 1.23 bits per heavy atom. The molecule has 1 saturated carbocycles. The summed E-state index contributed by atoms with van der Waals surface area (Å²) in [7, 11) is 1.83. The van der Waals surface area contributed by atoms with Gasteiger partial charge in [0.05, 0.1) is 11.3 Å². The fourth-order valence-electron chi connectivity index (χ4n) is 3.63. The third-order valence-corrected chi connectivity index (χ3v) is 6.49. The molecular formula is C21H28FN5O2S. The molecule has 162 valence electrons. The molecule has 1 aliphatic carbocycles. The third kappa shape index (κ3) is 5.81. The van der Waals surface area contributed by atoms with Crippen LogP contribution in [0.15, 0.2) is 29.4 Å². The molecule has 9 heteroatoms. The zero-order valence-corrected chi connectivity index (χ0v) is 18.2. The van der Waals surface area contributed by atoms with E-state index in [1.807, 2.05) is 11.6 Å². The van der Waals surface area contributed by atoms with Gasteiger partial charge in [-0.2, -0.15) is 0 Å². The summed E-state index contributed by atoms with van der Waals surface area (Å²) in [4.78, 5) is 24.4. The maximum atomic E-state index is 13.7. The van der Waals surface area contributed by atoms with Crippen LogP contribution in [0, 0.1) is 11.7 Å². The van der Waals surface area contributed by atoms with Crippen molar-refractivity contribution in [2.24, 2.45) is 13.0 Å². The van der Waals surface area contributed by atoms with Gasteiger partial charge < -0.3 is 15.2 Å². The summed E-state index contributed by atoms with van der Waals surface area (Å²) in [6, 6.07) is 6.13. The number of rotatable bonds is 8. The number of carbonyl (C=O) groups is 2. The normalized spacial score (nSPS) is 18.8. The van der Waals surface area contributed by atoms with Crippen LogP contribution in [0.4, 0.5) is 4.39 Å². The van der Waals surface area contributed by atoms with Crippen molar-refractivity contribution in [3.8, 4) is 0 Å². The number of nitrogens with zero attached hydrogens (tertiary/aromatic N) is 3. The fraction of sp³-hybridized carbons (Fsp3) is 0.524. The Balaban J connectivity index is 1.44. The predicted molar refractivity (Wildman–Crippen MR) is 114 cm³/mol. The molecule has 2 atom stereocenters. The van der Waals surface area contributed by atoms with E-state index in [-0.39, 0.29) is 17.5 Å². The number of amides is 2. The average Bonchev–Trinajstić information content (AvgIpc) is 3.08. The van der Waals surface area contributed by atoms with Crippen LogP contribution in [0.1, 0.15) is 48.8 Å². The standard InChI is InChI=1S/C21H28FN5O2S/c1-14-7-3-6-10-17(14)24-19(28)13-30-21-26-25-18(27(21)2)11-12-23-20(29)15-8-4-5-9-16(15)22/h4-5,8-9,14,17H,3,6-7,10-13H2,1-2H3,(H,23,29)(H,24,28)/t14-,17-/m0/s1. The minimum atomic E-state index is -0.548. The third-order valence-electron chi connectivity index (χ3n) is 5.47. The highest BCUT2D eigenvalue weighted by atomic mass is 32.2. The molecule has 3 rings (SSSR count). The number of carbonyl (C=O) groups excluding carboxylic acids is 2. The smallest absolute Gasteiger partial charge is 0.254 e. The second-order valence-corrected chi connectivity index (χ2v) is 8.61. The van der Waals surface area contributed by atoms with Gasteiger partial charge in [0, 0.05) is 26.1 Å². The highest BCUT2D eigenvalue weighted by molar-refractivity contribution is 7.99. The maximum absolute atomic E-state index is 13.7. The van der Waals surface area contributed by atoms with E-state index >= 15 is 0 Å². The van der Waals surface area contributed by atoms with Gasteiger partial charge in [-0.3, -0.25) is 9.59 Å². The lowest BCUT2D eigenvalue weighted by Crippen LogP contribution is -2.41. The Labute approximate surface area is 180 Å². The van der Waals surface area contributed by atoms with E-state index < -0.39 is 11.7 Å². The molecule has 0 spiro atoms. The van der Waals surface area contributed by atoms with Crippen molar-refractivity contribution in [2.45, 2.75) is 50.2 Å². The highest BCUT2D eigenvalue weighted by Gasteiger charge is 2.23. The summed E-state index contributed by atoms with van der Waals surface area (Å²) < 4.78 is 15.5. The number of hydrogen-bond donors (Lipinski definition) is 2. The van der Waals surface area contributed by atoms with Crippen molar-refractivity contribution in [3.63, 3.8) is 0 Å². The van der Waals surface area contributed by atoms with Crippen LogP contribution < -0.4 is 10.6 Å². The summed E-state index contributed by atoms with van der Waals surface area (Å²) in [6.07, 6.45) is 5.08. The molecule has 0 bridgehead atoms. The summed E-state index contributed by atoms with van der Waals surface area (Å²) in [5.41, 5.74) is 0.0185. The van der Waals surface area contributed by atoms with Crippen LogP contribution in [0.25, 0.3) is 0 Å². The van der Waals surface area contributed by atoms with Crippen molar-refractivity contribution in [1.82, 2.24) is 25.4 Å². The van der Waals surface area contributed by atoms with Crippen LogP contribution in [-0.2, 0) is 18.3 Å². The molecular weight excluding hydrogens is 405 g/mol. The Morgan fingerprint density at radius 3 is 2.77 bits per heavy atom. The summed E-state index contributed by atoms with van der Waals surface area (Å²) in [5, 5.41) is 14.8. The number of halogens is 1. The Morgan fingerprint density at radius 2 is 2.00 bits per heavy atom. The molecule has 0 aliphatic heterocycles. The van der Waals surface area contributed by atoms with Gasteiger partial charge in [0.15, 0.2) is 5.16 Å². The number of thioether (sulfide) groups is 1. The first-order valence-corrected chi connectivity index (χ1v) is 11.3. The molecule has 1 aromatic carbocycles. The minimum Gasteiger partial charge on any atom is -0.352 e. The van der Waals surface area contributed by atoms with Crippen molar-refractivity contribution in [1.29, 1.82) is 0 Å². The predicted octanol–water partition coefficient (Wildman–Crippen LogP) is 2.71. The molecule has 1 heterocycles. The van der Waals surface area contributed by atoms with Gasteiger partial charge in [0.1, 0.15) is 11.6 Å². The minimum absolute atomic E-state index is 0.0143. The largest absolute Gasteiger partial charge is 0.352 e. The average molecular weight is 434 g/mol. The molecule has 1 fully saturated rings. The lowest BCUT2D eigenvalue weighted by Gasteiger charge is -2.29. The van der Waals surface area contributed by atoms with E-state index in [1.54, 1.807) is 12.1 Å². The second-order valence-electron chi connectivity index (χ2n) is 7.67. The van der Waals surface area contributed by atoms with Gasteiger partial charge in [-0.15, -0.1) is 10.2 Å². The van der Waals surface area contributed by atoms with E-state index in [4.69, 9.17) is 0 Å². The topological polar surface area (TPSA) is 88.9 Å². The monoisotopic (exact) mass is 433 g/mol. The van der Waals surface area contributed by atoms with Gasteiger partial charge in [-0.1, -0.05) is 43.7 Å². The SMILES string of the molecule is C[C@H]1CCCC[C@@H]1NC(=O)CSc1nnc(CCNC(=O)c2ccccc2F)n1C. The van der Waals surface area contributed by atoms with E-state index in [0.29, 0.717) is 35.6 Å². The first-order chi connectivity index (χ1) is 14.5. The van der Waals surface area contributed by atoms with Crippen LogP contribution in [-0.4, -0.2) is 44.9 Å². The van der Waals surface area contributed by atoms with Crippen molar-refractivity contribution >= 4 is 23.6 Å². The Hall–Kier alpha value is -2.42. The van der Waals surface area contributed by atoms with Gasteiger partial charge in [-0.25, -0.2) is 4.39 Å². The molecule has 0 saturated heterocycles. The maximum Gasteiger partial charge on any atom is 0.254 e. The van der Waals surface area contributed by atoms with E-state index in [9.17, 15) is 14.0 Å². The number of hydrogen-bond acceptors (Lipinski definition) is 5. The van der Waals surface area contributed by atoms with Gasteiger partial charge in [-0.05, 0) is 30.9 Å². The lowest BCUT2D eigenvalue weighted by atomic mass is 9.86. The molecule has 2 N–H and O–H groups in total. The number of benzene rings is 1. The molecule has 0 unspecified atom stereocenters. The summed E-state index contributed by atoms with van der Waals surface area (Å²) >= 11 is 1.34. The molecule has 0 radical (unpaired) electrons. The lowest BCUT2D eigenvalue weighted by molar-refractivity contribution is -0.119. The molecule has 2 aromatic rings. The first-order valence-electron chi connectivity index (χ1n) is 10.3. The van der Waals surface area contributed by atoms with Crippen molar-refractivity contribution in [2.75, 3.05) is 12.3 Å². The van der Waals surface area contributed by atoms with Crippen LogP contribution in [0.2, 0.25) is 0 Å². The Kier molecular flexibility index (Phi) is 7.84. The van der Waals surface area contributed by atoms with Crippen LogP contribution in [0.5, 0.6) is 0 Å². The molecule has 1 aromatic heterocycles. The van der Waals surface area contributed by atoms with Gasteiger partial charge in [0.25, 0.3) is 5.91 Å². The second kappa shape index (κ2) is 10.6.